The van der Waals surface area contributed by atoms with Gasteiger partial charge in [-0.2, -0.15) is 0 Å². The maximum absolute atomic E-state index is 12.1. The average Bonchev–Trinajstić information content (AvgIpc) is 2.47. The number of carbonyl (C=O) groups excluding carboxylic acids is 2. The van der Waals surface area contributed by atoms with Gasteiger partial charge in [-0.3, -0.25) is 9.59 Å². The van der Waals surface area contributed by atoms with E-state index < -0.39 is 0 Å². The summed E-state index contributed by atoms with van der Waals surface area (Å²) < 4.78 is 5.24. The molecule has 0 spiro atoms. The minimum Gasteiger partial charge on any atom is -0.495 e. The first-order chi connectivity index (χ1) is 10.4. The fourth-order valence-electron chi connectivity index (χ4n) is 2.26. The maximum atomic E-state index is 12.1. The zero-order chi connectivity index (χ0) is 16.7. The second-order valence-electron chi connectivity index (χ2n) is 5.47. The molecule has 5 heteroatoms. The first-order valence-electron chi connectivity index (χ1n) is 7.60. The number of amides is 2. The van der Waals surface area contributed by atoms with Crippen molar-refractivity contribution in [3.05, 3.63) is 23.8 Å². The van der Waals surface area contributed by atoms with Crippen LogP contribution in [0.1, 0.15) is 39.2 Å². The molecule has 2 amide bonds. The third kappa shape index (κ3) is 5.06. The second-order valence-corrected chi connectivity index (χ2v) is 5.47. The highest BCUT2D eigenvalue weighted by molar-refractivity contribution is 5.92. The molecule has 122 valence electrons. The summed E-state index contributed by atoms with van der Waals surface area (Å²) in [6.07, 6.45) is 1.13. The van der Waals surface area contributed by atoms with E-state index in [0.29, 0.717) is 18.0 Å². The van der Waals surface area contributed by atoms with E-state index in [0.717, 1.165) is 12.0 Å². The quantitative estimate of drug-likeness (QED) is 0.842. The Morgan fingerprint density at radius 2 is 2.05 bits per heavy atom. The topological polar surface area (TPSA) is 58.6 Å². The monoisotopic (exact) mass is 306 g/mol. The highest BCUT2D eigenvalue weighted by Crippen LogP contribution is 2.25. The summed E-state index contributed by atoms with van der Waals surface area (Å²) >= 11 is 0. The number of nitrogens with zero attached hydrogens (tertiary/aromatic N) is 1. The molecule has 1 N–H and O–H groups in total. The van der Waals surface area contributed by atoms with Gasteiger partial charge in [-0.1, -0.05) is 13.0 Å². The van der Waals surface area contributed by atoms with Crippen molar-refractivity contribution in [1.29, 1.82) is 0 Å². The molecule has 0 saturated carbocycles. The molecule has 0 aromatic heterocycles. The Hall–Kier alpha value is -2.04. The summed E-state index contributed by atoms with van der Waals surface area (Å²) in [6.45, 7) is 7.93. The number of benzene rings is 1. The summed E-state index contributed by atoms with van der Waals surface area (Å²) in [6, 6.07) is 5.76. The van der Waals surface area contributed by atoms with Crippen molar-refractivity contribution >= 4 is 17.5 Å². The van der Waals surface area contributed by atoms with Gasteiger partial charge in [0.1, 0.15) is 5.75 Å². The van der Waals surface area contributed by atoms with Crippen molar-refractivity contribution in [1.82, 2.24) is 4.90 Å². The minimum absolute atomic E-state index is 0.00436. The van der Waals surface area contributed by atoms with E-state index >= 15 is 0 Å². The molecular weight excluding hydrogens is 280 g/mol. The number of hydrogen-bond acceptors (Lipinski definition) is 3. The first-order valence-corrected chi connectivity index (χ1v) is 7.60. The van der Waals surface area contributed by atoms with E-state index in [1.54, 1.807) is 12.0 Å². The lowest BCUT2D eigenvalue weighted by Crippen LogP contribution is -2.38. The van der Waals surface area contributed by atoms with Crippen molar-refractivity contribution in [2.45, 2.75) is 46.6 Å². The van der Waals surface area contributed by atoms with Gasteiger partial charge < -0.3 is 15.0 Å². The Bertz CT molecular complexity index is 529. The van der Waals surface area contributed by atoms with Gasteiger partial charge in [-0.25, -0.2) is 0 Å². The molecular formula is C17H26N2O3. The lowest BCUT2D eigenvalue weighted by molar-refractivity contribution is -0.131. The summed E-state index contributed by atoms with van der Waals surface area (Å²) in [4.78, 5) is 25.5. The number of aryl methyl sites for hydroxylation is 1. The Morgan fingerprint density at radius 3 is 2.59 bits per heavy atom. The number of ether oxygens (including phenoxy) is 1. The van der Waals surface area contributed by atoms with E-state index in [2.05, 4.69) is 5.32 Å². The van der Waals surface area contributed by atoms with Crippen LogP contribution in [0.2, 0.25) is 0 Å². The van der Waals surface area contributed by atoms with Crippen LogP contribution in [0.3, 0.4) is 0 Å². The van der Waals surface area contributed by atoms with Crippen LogP contribution in [-0.2, 0) is 9.59 Å². The van der Waals surface area contributed by atoms with Gasteiger partial charge in [-0.15, -0.1) is 0 Å². The molecule has 0 heterocycles. The van der Waals surface area contributed by atoms with E-state index in [4.69, 9.17) is 4.74 Å². The van der Waals surface area contributed by atoms with Gasteiger partial charge in [-0.05, 0) is 38.0 Å². The molecule has 0 aliphatic heterocycles. The SMILES string of the molecule is CCC(C)N(CCC(=O)Nc1cc(C)ccc1OC)C(C)=O. The van der Waals surface area contributed by atoms with Crippen molar-refractivity contribution < 1.29 is 14.3 Å². The lowest BCUT2D eigenvalue weighted by atomic mass is 10.2. The largest absolute Gasteiger partial charge is 0.495 e. The Balaban J connectivity index is 2.66. The number of rotatable bonds is 7. The number of hydrogen-bond donors (Lipinski definition) is 1. The molecule has 1 unspecified atom stereocenters. The molecule has 0 bridgehead atoms. The van der Waals surface area contributed by atoms with Crippen LogP contribution in [-0.4, -0.2) is 36.4 Å². The molecule has 1 atom stereocenters. The van der Waals surface area contributed by atoms with Gasteiger partial charge in [0.2, 0.25) is 11.8 Å². The summed E-state index contributed by atoms with van der Waals surface area (Å²) in [5.41, 5.74) is 1.70. The zero-order valence-electron chi connectivity index (χ0n) is 14.1. The van der Waals surface area contributed by atoms with Crippen molar-refractivity contribution in [2.75, 3.05) is 19.0 Å². The molecule has 0 aliphatic rings. The Labute approximate surface area is 132 Å². The van der Waals surface area contributed by atoms with Crippen LogP contribution in [0.15, 0.2) is 18.2 Å². The third-order valence-corrected chi connectivity index (χ3v) is 3.74. The maximum Gasteiger partial charge on any atom is 0.226 e. The number of carbonyl (C=O) groups is 2. The summed E-state index contributed by atoms with van der Waals surface area (Å²) in [7, 11) is 1.57. The van der Waals surface area contributed by atoms with E-state index in [1.807, 2.05) is 39.0 Å². The summed E-state index contributed by atoms with van der Waals surface area (Å²) in [5, 5.41) is 2.85. The highest BCUT2D eigenvalue weighted by atomic mass is 16.5. The van der Waals surface area contributed by atoms with Crippen LogP contribution < -0.4 is 10.1 Å². The number of anilines is 1. The van der Waals surface area contributed by atoms with Gasteiger partial charge in [0.25, 0.3) is 0 Å². The smallest absolute Gasteiger partial charge is 0.226 e. The molecule has 0 saturated heterocycles. The second kappa shape index (κ2) is 8.41. The number of nitrogens with one attached hydrogen (secondary N) is 1. The standard InChI is InChI=1S/C17H26N2O3/c1-6-13(3)19(14(4)20)10-9-17(21)18-15-11-12(2)7-8-16(15)22-5/h7-8,11,13H,6,9-10H2,1-5H3,(H,18,21). The third-order valence-electron chi connectivity index (χ3n) is 3.74. The molecule has 1 aromatic rings. The van der Waals surface area contributed by atoms with Crippen LogP contribution in [0.4, 0.5) is 5.69 Å². The van der Waals surface area contributed by atoms with Gasteiger partial charge in [0, 0.05) is 25.9 Å². The van der Waals surface area contributed by atoms with Crippen molar-refractivity contribution in [3.63, 3.8) is 0 Å². The van der Waals surface area contributed by atoms with E-state index in [1.165, 1.54) is 6.92 Å². The Morgan fingerprint density at radius 1 is 1.36 bits per heavy atom. The fourth-order valence-corrected chi connectivity index (χ4v) is 2.26. The molecule has 1 rings (SSSR count). The normalized spacial score (nSPS) is 11.7. The van der Waals surface area contributed by atoms with Gasteiger partial charge in [0.05, 0.1) is 12.8 Å². The van der Waals surface area contributed by atoms with Crippen LogP contribution in [0.5, 0.6) is 5.75 Å². The predicted octanol–water partition coefficient (Wildman–Crippen LogP) is 2.98. The molecule has 1 aromatic carbocycles. The van der Waals surface area contributed by atoms with E-state index in [9.17, 15) is 9.59 Å². The average molecular weight is 306 g/mol. The first kappa shape index (κ1) is 18.0. The number of methoxy groups -OCH3 is 1. The van der Waals surface area contributed by atoms with Gasteiger partial charge >= 0.3 is 0 Å². The minimum atomic E-state index is -0.126. The summed E-state index contributed by atoms with van der Waals surface area (Å²) in [5.74, 6) is 0.498. The lowest BCUT2D eigenvalue weighted by Gasteiger charge is -2.27. The molecule has 0 radical (unpaired) electrons. The van der Waals surface area contributed by atoms with Crippen molar-refractivity contribution in [3.8, 4) is 5.75 Å². The predicted molar refractivity (Wildman–Crippen MR) is 88.1 cm³/mol. The molecule has 0 fully saturated rings. The Kier molecular flexibility index (Phi) is 6.89. The van der Waals surface area contributed by atoms with Crippen LogP contribution in [0.25, 0.3) is 0 Å². The molecule has 5 nitrogen and oxygen atoms in total. The van der Waals surface area contributed by atoms with E-state index in [-0.39, 0.29) is 24.3 Å². The van der Waals surface area contributed by atoms with Gasteiger partial charge in [0.15, 0.2) is 0 Å². The molecule has 22 heavy (non-hydrogen) atoms. The van der Waals surface area contributed by atoms with Crippen LogP contribution >= 0.6 is 0 Å². The molecule has 0 aliphatic carbocycles. The zero-order valence-corrected chi connectivity index (χ0v) is 14.1. The highest BCUT2D eigenvalue weighted by Gasteiger charge is 2.17. The van der Waals surface area contributed by atoms with Crippen molar-refractivity contribution in [2.24, 2.45) is 0 Å². The van der Waals surface area contributed by atoms with Crippen LogP contribution in [0, 0.1) is 6.92 Å². The fraction of sp³-hybridized carbons (Fsp3) is 0.529.